The van der Waals surface area contributed by atoms with Crippen molar-refractivity contribution in [3.05, 3.63) is 47.7 Å². The molecule has 190 valence electrons. The van der Waals surface area contributed by atoms with E-state index in [0.717, 1.165) is 16.5 Å². The summed E-state index contributed by atoms with van der Waals surface area (Å²) in [5, 5.41) is 3.75. The maximum Gasteiger partial charge on any atom is 0.408 e. The van der Waals surface area contributed by atoms with Gasteiger partial charge in [0, 0.05) is 12.5 Å². The summed E-state index contributed by atoms with van der Waals surface area (Å²) >= 11 is 0. The third-order valence-corrected chi connectivity index (χ3v) is 5.40. The number of nitrogens with zero attached hydrogens (tertiary/aromatic N) is 1. The number of amides is 1. The third-order valence-electron chi connectivity index (χ3n) is 5.40. The number of esters is 1. The molecule has 9 nitrogen and oxygen atoms in total. The van der Waals surface area contributed by atoms with Crippen molar-refractivity contribution < 1.29 is 33.3 Å². The summed E-state index contributed by atoms with van der Waals surface area (Å²) in [6, 6.07) is 9.24. The van der Waals surface area contributed by atoms with Crippen molar-refractivity contribution >= 4 is 29.0 Å². The minimum absolute atomic E-state index is 0.0219. The molecule has 35 heavy (non-hydrogen) atoms. The Morgan fingerprint density at radius 1 is 1.26 bits per heavy atom. The van der Waals surface area contributed by atoms with E-state index >= 15 is 0 Å². The standard InChI is InChI=1S/C26H34N2O7/c1-17(27-24(30)35-25(2,3)4)21-10-9-19-8-7-18(13-22(19)28-21)11-12-26(23(29)32-6)16-33-20(14-31-5)15-34-26/h7-13,17,20H,14-16H2,1-6H3,(H,27,30)/b12-11+/t17-,20?,26?/m1/s1. The minimum Gasteiger partial charge on any atom is -0.467 e. The summed E-state index contributed by atoms with van der Waals surface area (Å²) < 4.78 is 27.0. The fourth-order valence-corrected chi connectivity index (χ4v) is 3.59. The van der Waals surface area contributed by atoms with Crippen LogP contribution in [0.5, 0.6) is 0 Å². The molecule has 0 aliphatic carbocycles. The van der Waals surface area contributed by atoms with Gasteiger partial charge < -0.3 is 29.0 Å². The molecule has 3 atom stereocenters. The zero-order valence-corrected chi connectivity index (χ0v) is 21.1. The molecule has 0 bridgehead atoms. The second-order valence-corrected chi connectivity index (χ2v) is 9.47. The first-order chi connectivity index (χ1) is 16.5. The van der Waals surface area contributed by atoms with Crippen LogP contribution in [0.2, 0.25) is 0 Å². The Hall–Kier alpha value is -3.01. The number of fused-ring (bicyclic) bond motifs is 1. The van der Waals surface area contributed by atoms with Gasteiger partial charge in [0.2, 0.25) is 5.60 Å². The van der Waals surface area contributed by atoms with Crippen molar-refractivity contribution in [2.24, 2.45) is 0 Å². The van der Waals surface area contributed by atoms with Crippen LogP contribution in [-0.2, 0) is 28.5 Å². The lowest BCUT2D eigenvalue weighted by atomic mass is 10.0. The molecule has 1 amide bonds. The van der Waals surface area contributed by atoms with Gasteiger partial charge >= 0.3 is 12.1 Å². The average Bonchev–Trinajstić information content (AvgIpc) is 2.81. The van der Waals surface area contributed by atoms with Gasteiger partial charge in [0.25, 0.3) is 0 Å². The maximum absolute atomic E-state index is 12.5. The fraction of sp³-hybridized carbons (Fsp3) is 0.500. The van der Waals surface area contributed by atoms with Gasteiger partial charge in [-0.25, -0.2) is 9.59 Å². The van der Waals surface area contributed by atoms with Gasteiger partial charge in [0.05, 0.1) is 44.2 Å². The van der Waals surface area contributed by atoms with Crippen LogP contribution in [0.25, 0.3) is 17.0 Å². The Kier molecular flexibility index (Phi) is 8.47. The second kappa shape index (κ2) is 11.2. The molecule has 1 saturated heterocycles. The van der Waals surface area contributed by atoms with Gasteiger partial charge in [0.15, 0.2) is 0 Å². The van der Waals surface area contributed by atoms with E-state index in [2.05, 4.69) is 5.32 Å². The molecule has 2 unspecified atom stereocenters. The summed E-state index contributed by atoms with van der Waals surface area (Å²) in [5.74, 6) is -0.534. The quantitative estimate of drug-likeness (QED) is 0.589. The average molecular weight is 487 g/mol. The topological polar surface area (TPSA) is 105 Å². The van der Waals surface area contributed by atoms with Crippen molar-refractivity contribution in [1.29, 1.82) is 0 Å². The molecule has 0 spiro atoms. The summed E-state index contributed by atoms with van der Waals surface area (Å²) in [4.78, 5) is 29.4. The zero-order valence-electron chi connectivity index (χ0n) is 21.1. The molecule has 0 radical (unpaired) electrons. The molecule has 1 aliphatic heterocycles. The second-order valence-electron chi connectivity index (χ2n) is 9.47. The Morgan fingerprint density at radius 3 is 2.63 bits per heavy atom. The van der Waals surface area contributed by atoms with E-state index in [1.165, 1.54) is 7.11 Å². The number of carbonyl (C=O) groups is 2. The van der Waals surface area contributed by atoms with Crippen LogP contribution in [0.1, 0.15) is 45.0 Å². The Labute approximate surface area is 205 Å². The first kappa shape index (κ1) is 26.6. The van der Waals surface area contributed by atoms with Crippen LogP contribution in [0, 0.1) is 0 Å². The molecule has 3 rings (SSSR count). The van der Waals surface area contributed by atoms with Crippen molar-refractivity contribution in [1.82, 2.24) is 10.3 Å². The lowest BCUT2D eigenvalue weighted by Gasteiger charge is -2.35. The summed E-state index contributed by atoms with van der Waals surface area (Å²) in [6.07, 6.45) is 2.69. The van der Waals surface area contributed by atoms with E-state index < -0.39 is 23.3 Å². The Balaban J connectivity index is 1.79. The number of ether oxygens (including phenoxy) is 5. The molecule has 1 N–H and O–H groups in total. The fourth-order valence-electron chi connectivity index (χ4n) is 3.59. The minimum atomic E-state index is -1.34. The van der Waals surface area contributed by atoms with Gasteiger partial charge in [-0.2, -0.15) is 0 Å². The van der Waals surface area contributed by atoms with E-state index in [1.54, 1.807) is 19.3 Å². The van der Waals surface area contributed by atoms with E-state index in [9.17, 15) is 9.59 Å². The van der Waals surface area contributed by atoms with Crippen LogP contribution in [0.3, 0.4) is 0 Å². The maximum atomic E-state index is 12.5. The highest BCUT2D eigenvalue weighted by atomic mass is 16.6. The normalized spacial score (nSPS) is 21.6. The van der Waals surface area contributed by atoms with E-state index in [0.29, 0.717) is 12.3 Å². The number of alkyl carbamates (subject to hydrolysis) is 1. The van der Waals surface area contributed by atoms with Crippen molar-refractivity contribution in [3.8, 4) is 0 Å². The molecule has 1 aromatic heterocycles. The van der Waals surface area contributed by atoms with Gasteiger partial charge in [0.1, 0.15) is 11.7 Å². The molecule has 2 aromatic rings. The van der Waals surface area contributed by atoms with Crippen LogP contribution < -0.4 is 5.32 Å². The van der Waals surface area contributed by atoms with Crippen molar-refractivity contribution in [2.75, 3.05) is 34.0 Å². The number of hydrogen-bond acceptors (Lipinski definition) is 8. The van der Waals surface area contributed by atoms with Crippen molar-refractivity contribution in [2.45, 2.75) is 51.0 Å². The summed E-state index contributed by atoms with van der Waals surface area (Å²) in [7, 11) is 2.90. The van der Waals surface area contributed by atoms with Gasteiger partial charge in [-0.3, -0.25) is 4.98 Å². The largest absolute Gasteiger partial charge is 0.467 e. The molecule has 1 fully saturated rings. The summed E-state index contributed by atoms with van der Waals surface area (Å²) in [6.45, 7) is 7.89. The predicted octanol–water partition coefficient (Wildman–Crippen LogP) is 3.81. The first-order valence-corrected chi connectivity index (χ1v) is 11.5. The molecule has 1 aliphatic rings. The first-order valence-electron chi connectivity index (χ1n) is 11.5. The molecule has 2 heterocycles. The highest BCUT2D eigenvalue weighted by molar-refractivity contribution is 5.85. The number of pyridine rings is 1. The number of carbonyl (C=O) groups excluding carboxylic acids is 2. The summed E-state index contributed by atoms with van der Waals surface area (Å²) in [5.41, 5.74) is 0.344. The molecule has 0 saturated carbocycles. The van der Waals surface area contributed by atoms with Crippen LogP contribution in [0.4, 0.5) is 4.79 Å². The Bertz CT molecular complexity index is 1070. The van der Waals surface area contributed by atoms with Crippen LogP contribution in [0.15, 0.2) is 36.4 Å². The van der Waals surface area contributed by atoms with E-state index in [-0.39, 0.29) is 25.4 Å². The zero-order chi connectivity index (χ0) is 25.6. The van der Waals surface area contributed by atoms with Gasteiger partial charge in [-0.15, -0.1) is 0 Å². The molecular weight excluding hydrogens is 452 g/mol. The molecular formula is C26H34N2O7. The monoisotopic (exact) mass is 486 g/mol. The number of aromatic nitrogens is 1. The van der Waals surface area contributed by atoms with Gasteiger partial charge in [-0.1, -0.05) is 24.3 Å². The lowest BCUT2D eigenvalue weighted by Crippen LogP contribution is -2.52. The van der Waals surface area contributed by atoms with E-state index in [1.807, 2.05) is 58.0 Å². The lowest BCUT2D eigenvalue weighted by molar-refractivity contribution is -0.203. The highest BCUT2D eigenvalue weighted by Gasteiger charge is 2.43. The predicted molar refractivity (Wildman–Crippen MR) is 131 cm³/mol. The van der Waals surface area contributed by atoms with Crippen LogP contribution in [-0.4, -0.2) is 68.4 Å². The van der Waals surface area contributed by atoms with E-state index in [4.69, 9.17) is 28.7 Å². The smallest absolute Gasteiger partial charge is 0.408 e. The van der Waals surface area contributed by atoms with Crippen molar-refractivity contribution in [3.63, 3.8) is 0 Å². The van der Waals surface area contributed by atoms with Gasteiger partial charge in [-0.05, 0) is 51.5 Å². The highest BCUT2D eigenvalue weighted by Crippen LogP contribution is 2.25. The third kappa shape index (κ3) is 7.00. The van der Waals surface area contributed by atoms with Crippen LogP contribution >= 0.6 is 0 Å². The number of hydrogen-bond donors (Lipinski definition) is 1. The number of rotatable bonds is 7. The Morgan fingerprint density at radius 2 is 2.00 bits per heavy atom. The SMILES string of the molecule is COCC1COC(/C=C/c2ccc3ccc([C@@H](C)NC(=O)OC(C)(C)C)nc3c2)(C(=O)OC)CO1. The number of methoxy groups -OCH3 is 2. The number of nitrogens with one attached hydrogen (secondary N) is 1. The molecule has 9 heteroatoms. The number of benzene rings is 1. The molecule has 1 aromatic carbocycles.